The molecule has 1 heterocycles. The first-order valence-electron chi connectivity index (χ1n) is 7.89. The van der Waals surface area contributed by atoms with Gasteiger partial charge in [-0.25, -0.2) is 0 Å². The van der Waals surface area contributed by atoms with E-state index in [4.69, 9.17) is 4.52 Å². The van der Waals surface area contributed by atoms with Crippen molar-refractivity contribution in [2.24, 2.45) is 0 Å². The van der Waals surface area contributed by atoms with Crippen LogP contribution in [0.4, 0.5) is 5.69 Å². The average molecular weight is 390 g/mol. The summed E-state index contributed by atoms with van der Waals surface area (Å²) in [5, 5.41) is 10.6. The Hall–Kier alpha value is -2.87. The monoisotopic (exact) mass is 390 g/mol. The normalized spacial score (nSPS) is 16.7. The van der Waals surface area contributed by atoms with E-state index in [1.165, 1.54) is 43.3 Å². The van der Waals surface area contributed by atoms with Crippen LogP contribution in [0.3, 0.4) is 0 Å². The van der Waals surface area contributed by atoms with E-state index < -0.39 is 30.1 Å². The number of imide groups is 1. The average Bonchev–Trinajstić information content (AvgIpc) is 2.91. The Labute approximate surface area is 153 Å². The Morgan fingerprint density at radius 2 is 1.63 bits per heavy atom. The summed E-state index contributed by atoms with van der Waals surface area (Å²) in [6, 6.07) is 11.4. The van der Waals surface area contributed by atoms with Crippen LogP contribution >= 0.6 is 7.60 Å². The van der Waals surface area contributed by atoms with Crippen molar-refractivity contribution in [3.05, 3.63) is 75.3 Å². The van der Waals surface area contributed by atoms with Crippen molar-refractivity contribution in [1.82, 2.24) is 4.90 Å². The quantitative estimate of drug-likeness (QED) is 0.348. The third kappa shape index (κ3) is 3.52. The molecule has 27 heavy (non-hydrogen) atoms. The lowest BCUT2D eigenvalue weighted by molar-refractivity contribution is -0.384. The molecule has 0 aromatic heterocycles. The number of nitrogens with zero attached hydrogens (tertiary/aromatic N) is 2. The molecule has 1 N–H and O–H groups in total. The van der Waals surface area contributed by atoms with Crippen LogP contribution in [-0.4, -0.2) is 32.3 Å². The lowest BCUT2D eigenvalue weighted by Gasteiger charge is -2.26. The molecule has 0 aliphatic carbocycles. The number of hydrogen-bond acceptors (Lipinski definition) is 6. The van der Waals surface area contributed by atoms with Crippen molar-refractivity contribution in [3.8, 4) is 0 Å². The summed E-state index contributed by atoms with van der Waals surface area (Å²) in [4.78, 5) is 45.9. The van der Waals surface area contributed by atoms with E-state index in [1.807, 2.05) is 0 Å². The van der Waals surface area contributed by atoms with Gasteiger partial charge >= 0.3 is 7.60 Å². The molecule has 1 aliphatic heterocycles. The lowest BCUT2D eigenvalue weighted by Crippen LogP contribution is -2.38. The van der Waals surface area contributed by atoms with Crippen LogP contribution in [0.15, 0.2) is 48.5 Å². The van der Waals surface area contributed by atoms with Crippen LogP contribution in [0.25, 0.3) is 0 Å². The molecule has 1 aliphatic rings. The van der Waals surface area contributed by atoms with Gasteiger partial charge < -0.3 is 9.42 Å². The minimum atomic E-state index is -4.38. The van der Waals surface area contributed by atoms with Crippen molar-refractivity contribution in [2.75, 3.05) is 0 Å². The smallest absolute Gasteiger partial charge is 0.323 e. The molecule has 140 valence electrons. The van der Waals surface area contributed by atoms with Gasteiger partial charge in [-0.3, -0.25) is 29.2 Å². The second kappa shape index (κ2) is 7.03. The molecule has 0 spiro atoms. The third-order valence-electron chi connectivity index (χ3n) is 4.23. The minimum absolute atomic E-state index is 0.120. The molecular weight excluding hydrogens is 375 g/mol. The molecule has 10 heteroatoms. The highest BCUT2D eigenvalue weighted by Crippen LogP contribution is 2.51. The van der Waals surface area contributed by atoms with Gasteiger partial charge in [0.25, 0.3) is 17.5 Å². The zero-order valence-corrected chi connectivity index (χ0v) is 15.0. The van der Waals surface area contributed by atoms with Crippen LogP contribution in [0.2, 0.25) is 0 Å². The van der Waals surface area contributed by atoms with Crippen molar-refractivity contribution >= 4 is 25.1 Å². The van der Waals surface area contributed by atoms with E-state index >= 15 is 0 Å². The first-order chi connectivity index (χ1) is 12.7. The summed E-state index contributed by atoms with van der Waals surface area (Å²) in [5.74, 6) is -2.70. The predicted octanol–water partition coefficient (Wildman–Crippen LogP) is 2.94. The number of amides is 2. The summed E-state index contributed by atoms with van der Waals surface area (Å²) in [5.41, 5.74) is 0.657. The van der Waals surface area contributed by atoms with E-state index in [0.29, 0.717) is 5.56 Å². The fourth-order valence-corrected chi connectivity index (χ4v) is 3.73. The van der Waals surface area contributed by atoms with Crippen LogP contribution in [0.5, 0.6) is 0 Å². The molecule has 0 fully saturated rings. The van der Waals surface area contributed by atoms with Gasteiger partial charge in [0.2, 0.25) is 0 Å². The van der Waals surface area contributed by atoms with Gasteiger partial charge in [-0.2, -0.15) is 0 Å². The zero-order chi connectivity index (χ0) is 19.8. The Morgan fingerprint density at radius 1 is 1.11 bits per heavy atom. The molecule has 0 radical (unpaired) electrons. The molecule has 2 aromatic carbocycles. The molecule has 2 amide bonds. The van der Waals surface area contributed by atoms with E-state index in [9.17, 15) is 29.2 Å². The summed E-state index contributed by atoms with van der Waals surface area (Å²) in [7, 11) is -4.38. The molecule has 0 saturated carbocycles. The number of rotatable bonds is 6. The van der Waals surface area contributed by atoms with Crippen molar-refractivity contribution in [3.63, 3.8) is 0 Å². The Morgan fingerprint density at radius 3 is 2.11 bits per heavy atom. The minimum Gasteiger partial charge on any atom is -0.323 e. The van der Waals surface area contributed by atoms with Crippen LogP contribution in [-0.2, 0) is 15.7 Å². The van der Waals surface area contributed by atoms with E-state index in [0.717, 1.165) is 4.90 Å². The number of carbonyl (C=O) groups excluding carboxylic acids is 2. The maximum atomic E-state index is 12.6. The molecule has 0 bridgehead atoms. The largest absolute Gasteiger partial charge is 0.350 e. The van der Waals surface area contributed by atoms with Gasteiger partial charge in [0, 0.05) is 12.1 Å². The van der Waals surface area contributed by atoms with Crippen LogP contribution in [0.1, 0.15) is 33.2 Å². The molecule has 2 aromatic rings. The Kier molecular flexibility index (Phi) is 4.93. The number of benzene rings is 2. The predicted molar refractivity (Wildman–Crippen MR) is 94.1 cm³/mol. The highest BCUT2D eigenvalue weighted by Gasteiger charge is 2.45. The first kappa shape index (κ1) is 18.9. The summed E-state index contributed by atoms with van der Waals surface area (Å²) >= 11 is 0. The summed E-state index contributed by atoms with van der Waals surface area (Å²) in [6.45, 7) is 0.956. The fourth-order valence-electron chi connectivity index (χ4n) is 2.68. The number of fused-ring (bicyclic) bond motifs is 1. The summed E-state index contributed by atoms with van der Waals surface area (Å²) < 4.78 is 17.7. The third-order valence-corrected chi connectivity index (χ3v) is 5.91. The SMILES string of the molecule is CC(N1C(=O)c2ccccc2C1=O)P(=O)(O)OCc1ccc([N+](=O)[O-])cc1. The Balaban J connectivity index is 1.73. The van der Waals surface area contributed by atoms with Crippen molar-refractivity contribution in [2.45, 2.75) is 19.3 Å². The van der Waals surface area contributed by atoms with Crippen LogP contribution in [0, 0.1) is 10.1 Å². The lowest BCUT2D eigenvalue weighted by atomic mass is 10.1. The number of carbonyl (C=O) groups is 2. The molecule has 0 saturated heterocycles. The molecule has 3 rings (SSSR count). The topological polar surface area (TPSA) is 127 Å². The number of nitro benzene ring substituents is 1. The Bertz CT molecular complexity index is 939. The van der Waals surface area contributed by atoms with Gasteiger partial charge in [-0.1, -0.05) is 12.1 Å². The molecule has 2 unspecified atom stereocenters. The second-order valence-corrected chi connectivity index (χ2v) is 8.05. The standard InChI is InChI=1S/C17H15N2O7P/c1-11(18-16(20)14-4-2-3-5-15(14)17(18)21)27(24,25)26-10-12-6-8-13(9-7-12)19(22)23/h2-9,11H,10H2,1H3,(H,24,25). The van der Waals surface area contributed by atoms with Crippen molar-refractivity contribution < 1.29 is 28.5 Å². The zero-order valence-electron chi connectivity index (χ0n) is 14.1. The molecular formula is C17H15N2O7P. The molecule has 9 nitrogen and oxygen atoms in total. The first-order valence-corrected chi connectivity index (χ1v) is 9.54. The van der Waals surface area contributed by atoms with E-state index in [1.54, 1.807) is 12.1 Å². The highest BCUT2D eigenvalue weighted by atomic mass is 31.2. The van der Waals surface area contributed by atoms with Gasteiger partial charge in [0.1, 0.15) is 5.78 Å². The highest BCUT2D eigenvalue weighted by molar-refractivity contribution is 7.53. The van der Waals surface area contributed by atoms with E-state index in [2.05, 4.69) is 0 Å². The maximum Gasteiger partial charge on any atom is 0.350 e. The van der Waals surface area contributed by atoms with Gasteiger partial charge in [0.05, 0.1) is 22.7 Å². The van der Waals surface area contributed by atoms with Gasteiger partial charge in [-0.05, 0) is 36.8 Å². The van der Waals surface area contributed by atoms with Gasteiger partial charge in [0.15, 0.2) is 0 Å². The van der Waals surface area contributed by atoms with Crippen molar-refractivity contribution in [1.29, 1.82) is 0 Å². The number of nitro groups is 1. The van der Waals surface area contributed by atoms with Crippen LogP contribution < -0.4 is 0 Å². The molecule has 2 atom stereocenters. The summed E-state index contributed by atoms with van der Waals surface area (Å²) in [6.07, 6.45) is 0. The van der Waals surface area contributed by atoms with Gasteiger partial charge in [-0.15, -0.1) is 0 Å². The number of hydrogen-bond donors (Lipinski definition) is 1. The van der Waals surface area contributed by atoms with E-state index in [-0.39, 0.29) is 23.4 Å². The fraction of sp³-hybridized carbons (Fsp3) is 0.176. The maximum absolute atomic E-state index is 12.6. The second-order valence-electron chi connectivity index (χ2n) is 5.92. The number of non-ortho nitro benzene ring substituents is 1.